The fourth-order valence-electron chi connectivity index (χ4n) is 4.46. The van der Waals surface area contributed by atoms with Gasteiger partial charge >= 0.3 is 0 Å². The summed E-state index contributed by atoms with van der Waals surface area (Å²) in [6, 6.07) is 22.8. The van der Waals surface area contributed by atoms with E-state index in [4.69, 9.17) is 16.3 Å². The highest BCUT2D eigenvalue weighted by Crippen LogP contribution is 2.34. The van der Waals surface area contributed by atoms with Crippen LogP contribution in [-0.2, 0) is 0 Å². The Bertz CT molecular complexity index is 1500. The number of halogens is 2. The molecule has 1 heterocycles. The van der Waals surface area contributed by atoms with Gasteiger partial charge in [-0.25, -0.2) is 0 Å². The molecule has 36 heavy (non-hydrogen) atoms. The first-order chi connectivity index (χ1) is 17.4. The Morgan fingerprint density at radius 1 is 0.944 bits per heavy atom. The number of methoxy groups -OCH3 is 1. The lowest BCUT2D eigenvalue weighted by molar-refractivity contribution is 0.0611. The number of nitrogens with zero attached hydrogens (tertiary/aromatic N) is 2. The number of amides is 3. The summed E-state index contributed by atoms with van der Waals surface area (Å²) in [7, 11) is 1.48. The molecule has 0 spiro atoms. The predicted octanol–water partition coefficient (Wildman–Crippen LogP) is 6.21. The van der Waals surface area contributed by atoms with E-state index in [-0.39, 0.29) is 24.6 Å². The van der Waals surface area contributed by atoms with E-state index in [9.17, 15) is 14.4 Å². The summed E-state index contributed by atoms with van der Waals surface area (Å²) < 4.78 is 6.20. The molecule has 1 aliphatic rings. The molecule has 5 rings (SSSR count). The van der Waals surface area contributed by atoms with Crippen LogP contribution in [0.3, 0.4) is 0 Å². The molecule has 180 valence electrons. The molecule has 0 aliphatic carbocycles. The monoisotopic (exact) mass is 562 g/mol. The van der Waals surface area contributed by atoms with Crippen LogP contribution in [0.15, 0.2) is 83.3 Å². The number of hydrogen-bond acceptors (Lipinski definition) is 4. The van der Waals surface area contributed by atoms with E-state index in [2.05, 4.69) is 15.9 Å². The Hall–Kier alpha value is -3.68. The highest BCUT2D eigenvalue weighted by Gasteiger charge is 2.34. The first-order valence-corrected chi connectivity index (χ1v) is 12.4. The average Bonchev–Trinajstić information content (AvgIpc) is 2.90. The lowest BCUT2D eigenvalue weighted by Crippen LogP contribution is -2.46. The van der Waals surface area contributed by atoms with E-state index < -0.39 is 11.8 Å². The lowest BCUT2D eigenvalue weighted by atomic mass is 9.94. The predicted molar refractivity (Wildman–Crippen MR) is 143 cm³/mol. The highest BCUT2D eigenvalue weighted by molar-refractivity contribution is 9.10. The van der Waals surface area contributed by atoms with Gasteiger partial charge in [0.1, 0.15) is 5.75 Å². The maximum absolute atomic E-state index is 13.7. The largest absolute Gasteiger partial charge is 0.496 e. The van der Waals surface area contributed by atoms with Gasteiger partial charge < -0.3 is 9.64 Å². The molecule has 1 aliphatic heterocycles. The van der Waals surface area contributed by atoms with Gasteiger partial charge in [0, 0.05) is 44.8 Å². The molecule has 8 heteroatoms. The number of carbonyl (C=O) groups excluding carboxylic acids is 3. The van der Waals surface area contributed by atoms with Crippen molar-refractivity contribution < 1.29 is 19.1 Å². The van der Waals surface area contributed by atoms with Crippen LogP contribution in [0.5, 0.6) is 5.75 Å². The summed E-state index contributed by atoms with van der Waals surface area (Å²) in [4.78, 5) is 43.2. The molecule has 0 unspecified atom stereocenters. The molecular weight excluding hydrogens is 544 g/mol. The first kappa shape index (κ1) is 24.0. The molecule has 4 aromatic rings. The lowest BCUT2D eigenvalue weighted by Gasteiger charge is -2.30. The van der Waals surface area contributed by atoms with E-state index in [0.29, 0.717) is 33.0 Å². The van der Waals surface area contributed by atoms with Gasteiger partial charge in [0.05, 0.1) is 12.7 Å². The van der Waals surface area contributed by atoms with Crippen molar-refractivity contribution in [3.63, 3.8) is 0 Å². The molecule has 4 aromatic carbocycles. The van der Waals surface area contributed by atoms with Gasteiger partial charge in [-0.2, -0.15) is 0 Å². The van der Waals surface area contributed by atoms with Gasteiger partial charge in [-0.05, 0) is 53.9 Å². The van der Waals surface area contributed by atoms with E-state index in [1.807, 2.05) is 24.3 Å². The number of hydrogen-bond donors (Lipinski definition) is 0. The van der Waals surface area contributed by atoms with Gasteiger partial charge in [0.2, 0.25) is 0 Å². The molecule has 3 amide bonds. The third kappa shape index (κ3) is 4.14. The number of rotatable bonds is 6. The number of para-hydroxylation sites is 1. The van der Waals surface area contributed by atoms with Crippen molar-refractivity contribution in [2.75, 3.05) is 25.1 Å². The van der Waals surface area contributed by atoms with Crippen molar-refractivity contribution in [3.8, 4) is 5.75 Å². The van der Waals surface area contributed by atoms with Gasteiger partial charge in [0.15, 0.2) is 0 Å². The zero-order valence-electron chi connectivity index (χ0n) is 19.2. The zero-order chi connectivity index (χ0) is 25.4. The van der Waals surface area contributed by atoms with Crippen LogP contribution in [0.2, 0.25) is 5.02 Å². The summed E-state index contributed by atoms with van der Waals surface area (Å²) in [6.45, 7) is 0.0882. The summed E-state index contributed by atoms with van der Waals surface area (Å²) in [5.41, 5.74) is 1.81. The van der Waals surface area contributed by atoms with Crippen LogP contribution >= 0.6 is 27.5 Å². The van der Waals surface area contributed by atoms with Crippen molar-refractivity contribution in [2.24, 2.45) is 0 Å². The number of carbonyl (C=O) groups is 3. The van der Waals surface area contributed by atoms with Crippen molar-refractivity contribution >= 4 is 61.7 Å². The van der Waals surface area contributed by atoms with Crippen LogP contribution in [-0.4, -0.2) is 42.8 Å². The Balaban J connectivity index is 1.50. The van der Waals surface area contributed by atoms with Crippen LogP contribution < -0.4 is 9.64 Å². The number of ether oxygens (including phenoxy) is 1. The Morgan fingerprint density at radius 3 is 2.39 bits per heavy atom. The van der Waals surface area contributed by atoms with Crippen molar-refractivity contribution in [2.45, 2.75) is 0 Å². The van der Waals surface area contributed by atoms with E-state index in [0.717, 1.165) is 9.86 Å². The quantitative estimate of drug-likeness (QED) is 0.262. The van der Waals surface area contributed by atoms with Crippen LogP contribution in [0.1, 0.15) is 31.1 Å². The summed E-state index contributed by atoms with van der Waals surface area (Å²) in [5.74, 6) is -0.764. The third-order valence-electron chi connectivity index (χ3n) is 6.19. The Labute approximate surface area is 221 Å². The average molecular weight is 564 g/mol. The molecule has 0 N–H and O–H groups in total. The van der Waals surface area contributed by atoms with Gasteiger partial charge in [-0.3, -0.25) is 19.3 Å². The van der Waals surface area contributed by atoms with E-state index in [1.54, 1.807) is 54.6 Å². The zero-order valence-corrected chi connectivity index (χ0v) is 21.5. The summed E-state index contributed by atoms with van der Waals surface area (Å²) >= 11 is 9.68. The fraction of sp³-hybridized carbons (Fsp3) is 0.107. The van der Waals surface area contributed by atoms with Crippen molar-refractivity contribution in [1.29, 1.82) is 0 Å². The minimum Gasteiger partial charge on any atom is -0.496 e. The third-order valence-corrected chi connectivity index (χ3v) is 7.12. The van der Waals surface area contributed by atoms with Crippen LogP contribution in [0, 0.1) is 0 Å². The maximum atomic E-state index is 13.7. The normalized spacial score (nSPS) is 12.7. The van der Waals surface area contributed by atoms with Crippen LogP contribution in [0.25, 0.3) is 10.8 Å². The molecule has 0 saturated carbocycles. The first-order valence-electron chi connectivity index (χ1n) is 11.2. The maximum Gasteiger partial charge on any atom is 0.262 e. The molecule has 0 fully saturated rings. The number of benzene rings is 4. The van der Waals surface area contributed by atoms with Crippen molar-refractivity contribution in [1.82, 2.24) is 4.90 Å². The standard InChI is InChI=1S/C28H20BrClN2O4/c1-36-24-13-10-17(30)16-22(24)28(35)31(18-6-3-2-4-7-18)14-15-32-26(33)20-9-5-8-19-23(29)12-11-21(25(19)20)27(32)34/h2-13,16H,14-15H2,1H3. The second kappa shape index (κ2) is 9.76. The highest BCUT2D eigenvalue weighted by atomic mass is 79.9. The molecule has 0 bridgehead atoms. The Morgan fingerprint density at radius 2 is 1.67 bits per heavy atom. The molecule has 0 radical (unpaired) electrons. The molecule has 0 saturated heterocycles. The van der Waals surface area contributed by atoms with Crippen molar-refractivity contribution in [3.05, 3.63) is 105 Å². The SMILES string of the molecule is COc1ccc(Cl)cc1C(=O)N(CCN1C(=O)c2cccc3c(Br)ccc(c23)C1=O)c1ccccc1. The number of imide groups is 1. The van der Waals surface area contributed by atoms with E-state index >= 15 is 0 Å². The minimum absolute atomic E-state index is 0.00702. The van der Waals surface area contributed by atoms with Gasteiger partial charge in [0.25, 0.3) is 17.7 Å². The second-order valence-corrected chi connectivity index (χ2v) is 9.51. The molecule has 0 atom stereocenters. The van der Waals surface area contributed by atoms with E-state index in [1.165, 1.54) is 16.9 Å². The second-order valence-electron chi connectivity index (χ2n) is 8.22. The summed E-state index contributed by atoms with van der Waals surface area (Å²) in [6.07, 6.45) is 0. The topological polar surface area (TPSA) is 66.9 Å². The number of anilines is 1. The smallest absolute Gasteiger partial charge is 0.262 e. The fourth-order valence-corrected chi connectivity index (χ4v) is 5.10. The molecular formula is C28H20BrClN2O4. The summed E-state index contributed by atoms with van der Waals surface area (Å²) in [5, 5.41) is 1.84. The molecule has 6 nitrogen and oxygen atoms in total. The van der Waals surface area contributed by atoms with Crippen LogP contribution in [0.4, 0.5) is 5.69 Å². The minimum atomic E-state index is -0.392. The van der Waals surface area contributed by atoms with Gasteiger partial charge in [-0.1, -0.05) is 57.9 Å². The molecule has 0 aromatic heterocycles. The Kier molecular flexibility index (Phi) is 6.51. The van der Waals surface area contributed by atoms with Gasteiger partial charge in [-0.15, -0.1) is 0 Å².